The summed E-state index contributed by atoms with van der Waals surface area (Å²) in [6.45, 7) is 2.00. The molecule has 0 bridgehead atoms. The molecule has 3 rings (SSSR count). The highest BCUT2D eigenvalue weighted by atomic mass is 32.2. The van der Waals surface area contributed by atoms with Crippen molar-refractivity contribution in [3.8, 4) is 0 Å². The van der Waals surface area contributed by atoms with Gasteiger partial charge in [0, 0.05) is 12.2 Å². The van der Waals surface area contributed by atoms with E-state index >= 15 is 0 Å². The van der Waals surface area contributed by atoms with Crippen LogP contribution >= 0.6 is 0 Å². The third kappa shape index (κ3) is 2.61. The lowest BCUT2D eigenvalue weighted by Gasteiger charge is -2.32. The number of primary amides is 1. The van der Waals surface area contributed by atoms with Crippen molar-refractivity contribution in [3.63, 3.8) is 0 Å². The molecule has 23 heavy (non-hydrogen) atoms. The summed E-state index contributed by atoms with van der Waals surface area (Å²) >= 11 is 0. The highest BCUT2D eigenvalue weighted by molar-refractivity contribution is 7.89. The summed E-state index contributed by atoms with van der Waals surface area (Å²) < 4.78 is 27.0. The van der Waals surface area contributed by atoms with Crippen LogP contribution in [0.3, 0.4) is 0 Å². The Balaban J connectivity index is 2.00. The number of amides is 2. The lowest BCUT2D eigenvalue weighted by Crippen LogP contribution is -2.50. The quantitative estimate of drug-likeness (QED) is 0.849. The van der Waals surface area contributed by atoms with Gasteiger partial charge in [0.2, 0.25) is 21.8 Å². The number of nitrogens with two attached hydrogens (primary N) is 1. The van der Waals surface area contributed by atoms with Crippen LogP contribution in [0.5, 0.6) is 0 Å². The van der Waals surface area contributed by atoms with Crippen molar-refractivity contribution in [1.82, 2.24) is 4.31 Å². The molecule has 7 nitrogen and oxygen atoms in total. The number of hydrogen-bond acceptors (Lipinski definition) is 4. The van der Waals surface area contributed by atoms with E-state index in [0.29, 0.717) is 24.1 Å². The van der Waals surface area contributed by atoms with Gasteiger partial charge in [0.1, 0.15) is 6.04 Å². The standard InChI is InChI=1S/C15H19N3O4S/c1-9-11-8-10(5-6-12(11)17-15(9)20)23(21,22)18-7-3-2-4-13(18)14(16)19/h5-6,8-9,13H,2-4,7H2,1H3,(H2,16,19)(H,17,20)/t9-,13-/m1/s1. The van der Waals surface area contributed by atoms with Crippen LogP contribution in [0.2, 0.25) is 0 Å². The van der Waals surface area contributed by atoms with Crippen LogP contribution in [-0.2, 0) is 19.6 Å². The Morgan fingerprint density at radius 1 is 1.35 bits per heavy atom. The van der Waals surface area contributed by atoms with Gasteiger partial charge in [-0.2, -0.15) is 4.31 Å². The minimum absolute atomic E-state index is 0.0905. The summed E-state index contributed by atoms with van der Waals surface area (Å²) in [6.07, 6.45) is 1.92. The van der Waals surface area contributed by atoms with E-state index in [0.717, 1.165) is 6.42 Å². The van der Waals surface area contributed by atoms with Crippen LogP contribution < -0.4 is 11.1 Å². The van der Waals surface area contributed by atoms with Crippen molar-refractivity contribution in [3.05, 3.63) is 23.8 Å². The molecule has 1 saturated heterocycles. The molecule has 0 spiro atoms. The summed E-state index contributed by atoms with van der Waals surface area (Å²) in [6, 6.07) is 3.76. The van der Waals surface area contributed by atoms with Crippen molar-refractivity contribution in [1.29, 1.82) is 0 Å². The average Bonchev–Trinajstić information content (AvgIpc) is 2.81. The van der Waals surface area contributed by atoms with Crippen LogP contribution in [0.4, 0.5) is 5.69 Å². The molecule has 2 aliphatic rings. The summed E-state index contributed by atoms with van der Waals surface area (Å²) in [5, 5.41) is 2.71. The summed E-state index contributed by atoms with van der Waals surface area (Å²) in [4.78, 5) is 23.4. The van der Waals surface area contributed by atoms with Gasteiger partial charge in [-0.05, 0) is 43.5 Å². The Hall–Kier alpha value is -1.93. The van der Waals surface area contributed by atoms with Crippen LogP contribution in [-0.4, -0.2) is 37.1 Å². The second-order valence-corrected chi connectivity index (χ2v) is 7.88. The molecule has 2 amide bonds. The van der Waals surface area contributed by atoms with E-state index in [1.54, 1.807) is 13.0 Å². The molecular weight excluding hydrogens is 318 g/mol. The number of anilines is 1. The number of benzene rings is 1. The van der Waals surface area contributed by atoms with E-state index < -0.39 is 27.9 Å². The molecule has 2 aliphatic heterocycles. The highest BCUT2D eigenvalue weighted by Gasteiger charge is 2.37. The highest BCUT2D eigenvalue weighted by Crippen LogP contribution is 2.35. The first-order valence-corrected chi connectivity index (χ1v) is 9.02. The number of carbonyl (C=O) groups excluding carboxylic acids is 2. The lowest BCUT2D eigenvalue weighted by atomic mass is 10.0. The van der Waals surface area contributed by atoms with E-state index in [1.807, 2.05) is 0 Å². The van der Waals surface area contributed by atoms with Gasteiger partial charge in [-0.15, -0.1) is 0 Å². The van der Waals surface area contributed by atoms with Crippen molar-refractivity contribution < 1.29 is 18.0 Å². The van der Waals surface area contributed by atoms with Gasteiger partial charge < -0.3 is 11.1 Å². The summed E-state index contributed by atoms with van der Waals surface area (Å²) in [7, 11) is -3.83. The number of sulfonamides is 1. The van der Waals surface area contributed by atoms with Gasteiger partial charge in [-0.1, -0.05) is 6.42 Å². The van der Waals surface area contributed by atoms with E-state index in [1.165, 1.54) is 16.4 Å². The van der Waals surface area contributed by atoms with Crippen molar-refractivity contribution in [2.45, 2.75) is 43.0 Å². The molecule has 8 heteroatoms. The first-order chi connectivity index (χ1) is 10.8. The number of carbonyl (C=O) groups is 2. The summed E-state index contributed by atoms with van der Waals surface area (Å²) in [5.41, 5.74) is 6.65. The van der Waals surface area contributed by atoms with Gasteiger partial charge in [-0.25, -0.2) is 8.42 Å². The molecule has 124 valence electrons. The average molecular weight is 337 g/mol. The van der Waals surface area contributed by atoms with Gasteiger partial charge in [0.25, 0.3) is 0 Å². The van der Waals surface area contributed by atoms with Crippen LogP contribution in [0.1, 0.15) is 37.7 Å². The number of nitrogens with zero attached hydrogens (tertiary/aromatic N) is 1. The number of hydrogen-bond donors (Lipinski definition) is 2. The first kappa shape index (κ1) is 15.9. The van der Waals surface area contributed by atoms with Crippen molar-refractivity contribution in [2.24, 2.45) is 5.73 Å². The maximum atomic E-state index is 12.9. The first-order valence-electron chi connectivity index (χ1n) is 7.58. The Labute approximate surface area is 134 Å². The van der Waals surface area contributed by atoms with Crippen molar-refractivity contribution >= 4 is 27.5 Å². The SMILES string of the molecule is C[C@H]1C(=O)Nc2ccc(S(=O)(=O)N3CCCC[C@@H]3C(N)=O)cc21. The molecule has 1 aromatic rings. The zero-order valence-corrected chi connectivity index (χ0v) is 13.6. The third-order valence-corrected chi connectivity index (χ3v) is 6.43. The third-order valence-electron chi connectivity index (χ3n) is 4.53. The Bertz CT molecular complexity index is 775. The predicted octanol–water partition coefficient (Wildman–Crippen LogP) is 0.771. The fourth-order valence-electron chi connectivity index (χ4n) is 3.17. The molecular formula is C15H19N3O4S. The van der Waals surface area contributed by atoms with Crippen LogP contribution in [0.25, 0.3) is 0 Å². The summed E-state index contributed by atoms with van der Waals surface area (Å²) in [5.74, 6) is -1.17. The van der Waals surface area contributed by atoms with Crippen LogP contribution in [0, 0.1) is 0 Å². The molecule has 2 atom stereocenters. The maximum Gasteiger partial charge on any atom is 0.243 e. The van der Waals surface area contributed by atoms with E-state index in [-0.39, 0.29) is 17.3 Å². The molecule has 0 radical (unpaired) electrons. The minimum atomic E-state index is -3.83. The maximum absolute atomic E-state index is 12.9. The van der Waals surface area contributed by atoms with Gasteiger partial charge >= 0.3 is 0 Å². The number of nitrogens with one attached hydrogen (secondary N) is 1. The number of piperidine rings is 1. The smallest absolute Gasteiger partial charge is 0.243 e. The topological polar surface area (TPSA) is 110 Å². The van der Waals surface area contributed by atoms with Gasteiger partial charge in [0.05, 0.1) is 10.8 Å². The molecule has 0 saturated carbocycles. The number of fused-ring (bicyclic) bond motifs is 1. The lowest BCUT2D eigenvalue weighted by molar-refractivity contribution is -0.122. The molecule has 0 aliphatic carbocycles. The Morgan fingerprint density at radius 3 is 2.78 bits per heavy atom. The zero-order chi connectivity index (χ0) is 16.8. The fraction of sp³-hybridized carbons (Fsp3) is 0.467. The zero-order valence-electron chi connectivity index (χ0n) is 12.8. The number of rotatable bonds is 3. The molecule has 3 N–H and O–H groups in total. The molecule has 1 fully saturated rings. The van der Waals surface area contributed by atoms with Gasteiger partial charge in [0.15, 0.2) is 0 Å². The Morgan fingerprint density at radius 2 is 2.09 bits per heavy atom. The fourth-order valence-corrected chi connectivity index (χ4v) is 4.87. The van der Waals surface area contributed by atoms with E-state index in [2.05, 4.69) is 5.32 Å². The second-order valence-electron chi connectivity index (χ2n) is 5.99. The van der Waals surface area contributed by atoms with Crippen molar-refractivity contribution in [2.75, 3.05) is 11.9 Å². The van der Waals surface area contributed by atoms with E-state index in [4.69, 9.17) is 5.73 Å². The minimum Gasteiger partial charge on any atom is -0.368 e. The monoisotopic (exact) mass is 337 g/mol. The Kier molecular flexibility index (Phi) is 3.89. The molecule has 0 unspecified atom stereocenters. The molecule has 2 heterocycles. The second kappa shape index (κ2) is 5.61. The van der Waals surface area contributed by atoms with E-state index in [9.17, 15) is 18.0 Å². The van der Waals surface area contributed by atoms with Crippen LogP contribution in [0.15, 0.2) is 23.1 Å². The molecule has 1 aromatic carbocycles. The predicted molar refractivity (Wildman–Crippen MR) is 84.2 cm³/mol. The normalized spacial score (nSPS) is 25.0. The van der Waals surface area contributed by atoms with Gasteiger partial charge in [-0.3, -0.25) is 9.59 Å². The largest absolute Gasteiger partial charge is 0.368 e. The molecule has 0 aromatic heterocycles.